The molecule has 2 atom stereocenters. The van der Waals surface area contributed by atoms with Crippen LogP contribution in [-0.4, -0.2) is 16.9 Å². The topological polar surface area (TPSA) is 0 Å². The van der Waals surface area contributed by atoms with Crippen LogP contribution in [0.15, 0.2) is 20.9 Å². The molecule has 0 heterocycles. The molecule has 0 spiro atoms. The monoisotopic (exact) mass is 570 g/mol. The highest BCUT2D eigenvalue weighted by Crippen LogP contribution is 2.61. The van der Waals surface area contributed by atoms with E-state index in [1.165, 1.54) is 8.86 Å². The van der Waals surface area contributed by atoms with Crippen molar-refractivity contribution in [3.05, 3.63) is 20.9 Å². The van der Waals surface area contributed by atoms with Gasteiger partial charge in [-0.1, -0.05) is 82.2 Å². The Morgan fingerprint density at radius 2 is 1.62 bits per heavy atom. The SMILES string of the molecule is C[Si](C)(C)C1=C(I)[C@@H]2C=C[C@H]1C2(CI)CI. The fourth-order valence-corrected chi connectivity index (χ4v) is 12.3. The molecule has 2 aliphatic carbocycles. The van der Waals surface area contributed by atoms with Crippen LogP contribution < -0.4 is 0 Å². The van der Waals surface area contributed by atoms with E-state index in [2.05, 4.69) is 99.6 Å². The quantitative estimate of drug-likeness (QED) is 0.189. The first-order valence-corrected chi connectivity index (χ1v) is 13.2. The second-order valence-electron chi connectivity index (χ2n) is 5.85. The zero-order chi connectivity index (χ0) is 12.1. The molecule has 2 bridgehead atoms. The number of rotatable bonds is 3. The van der Waals surface area contributed by atoms with Crippen LogP contribution in [0, 0.1) is 17.3 Å². The molecule has 0 aromatic rings. The number of allylic oxidation sites excluding steroid dienone is 4. The Kier molecular flexibility index (Phi) is 4.26. The third kappa shape index (κ3) is 1.91. The lowest BCUT2D eigenvalue weighted by Gasteiger charge is -2.34. The third-order valence-electron chi connectivity index (χ3n) is 3.88. The minimum atomic E-state index is -1.15. The molecule has 0 saturated heterocycles. The summed E-state index contributed by atoms with van der Waals surface area (Å²) in [6, 6.07) is 0. The van der Waals surface area contributed by atoms with Gasteiger partial charge in [-0.15, -0.1) is 0 Å². The van der Waals surface area contributed by atoms with E-state index in [-0.39, 0.29) is 0 Å². The van der Waals surface area contributed by atoms with Gasteiger partial charge in [0, 0.05) is 26.1 Å². The van der Waals surface area contributed by atoms with Gasteiger partial charge in [0.15, 0.2) is 0 Å². The molecule has 16 heavy (non-hydrogen) atoms. The number of hydrogen-bond acceptors (Lipinski definition) is 0. The Labute approximate surface area is 141 Å². The highest BCUT2D eigenvalue weighted by atomic mass is 127. The molecule has 0 unspecified atom stereocenters. The predicted molar refractivity (Wildman–Crippen MR) is 101 cm³/mol. The molecule has 2 aliphatic rings. The average molecular weight is 570 g/mol. The van der Waals surface area contributed by atoms with Crippen molar-refractivity contribution in [3.8, 4) is 0 Å². The van der Waals surface area contributed by atoms with E-state index in [9.17, 15) is 0 Å². The van der Waals surface area contributed by atoms with Gasteiger partial charge in [0.1, 0.15) is 0 Å². The summed E-state index contributed by atoms with van der Waals surface area (Å²) in [7, 11) is -1.15. The molecule has 0 nitrogen and oxygen atoms in total. The van der Waals surface area contributed by atoms with E-state index < -0.39 is 8.07 Å². The fourth-order valence-electron chi connectivity index (χ4n) is 3.03. The van der Waals surface area contributed by atoms with Crippen LogP contribution in [0.3, 0.4) is 0 Å². The van der Waals surface area contributed by atoms with Crippen LogP contribution in [0.2, 0.25) is 19.6 Å². The zero-order valence-electron chi connectivity index (χ0n) is 9.86. The lowest BCUT2D eigenvalue weighted by molar-refractivity contribution is 0.324. The number of fused-ring (bicyclic) bond motifs is 2. The molecule has 90 valence electrons. The standard InChI is InChI=1S/C12H17I3Si/c1-16(2,3)11-9-5-4-8(10(11)15)12(9,6-13)7-14/h4-5,8-9H,6-7H2,1-3H3/t8-,9+/m0/s1. The van der Waals surface area contributed by atoms with Crippen molar-refractivity contribution in [3.63, 3.8) is 0 Å². The predicted octanol–water partition coefficient (Wildman–Crippen LogP) is 5.23. The highest BCUT2D eigenvalue weighted by molar-refractivity contribution is 14.1. The summed E-state index contributed by atoms with van der Waals surface area (Å²) in [4.78, 5) is 0. The molecule has 0 aromatic heterocycles. The fraction of sp³-hybridized carbons (Fsp3) is 0.667. The van der Waals surface area contributed by atoms with Gasteiger partial charge in [-0.05, 0) is 26.2 Å². The van der Waals surface area contributed by atoms with E-state index in [0.717, 1.165) is 11.8 Å². The van der Waals surface area contributed by atoms with E-state index in [0.29, 0.717) is 5.41 Å². The summed E-state index contributed by atoms with van der Waals surface area (Å²) in [6.07, 6.45) is 4.99. The summed E-state index contributed by atoms with van der Waals surface area (Å²) in [6.45, 7) is 7.50. The Bertz CT molecular complexity index is 361. The van der Waals surface area contributed by atoms with Gasteiger partial charge >= 0.3 is 0 Å². The van der Waals surface area contributed by atoms with Gasteiger partial charge in [-0.25, -0.2) is 0 Å². The maximum atomic E-state index is 2.64. The van der Waals surface area contributed by atoms with Crippen molar-refractivity contribution in [2.75, 3.05) is 8.86 Å². The Hall–Kier alpha value is 1.89. The smallest absolute Gasteiger partial charge is 0.0742 e. The van der Waals surface area contributed by atoms with Gasteiger partial charge in [0.2, 0.25) is 0 Å². The largest absolute Gasteiger partial charge is 0.0857 e. The van der Waals surface area contributed by atoms with Crippen molar-refractivity contribution in [1.82, 2.24) is 0 Å². The molecule has 0 radical (unpaired) electrons. The second kappa shape index (κ2) is 4.77. The first-order valence-electron chi connectivity index (χ1n) is 5.59. The number of hydrogen-bond donors (Lipinski definition) is 0. The molecule has 0 aliphatic heterocycles. The molecular weight excluding hydrogens is 553 g/mol. The van der Waals surface area contributed by atoms with E-state index in [1.54, 1.807) is 3.58 Å². The molecule has 0 aromatic carbocycles. The van der Waals surface area contributed by atoms with Gasteiger partial charge in [0.05, 0.1) is 8.07 Å². The second-order valence-corrected chi connectivity index (χ2v) is 13.6. The lowest BCUT2D eigenvalue weighted by Crippen LogP contribution is -2.36. The van der Waals surface area contributed by atoms with Gasteiger partial charge in [-0.3, -0.25) is 0 Å². The zero-order valence-corrected chi connectivity index (χ0v) is 17.3. The van der Waals surface area contributed by atoms with E-state index >= 15 is 0 Å². The van der Waals surface area contributed by atoms with Crippen molar-refractivity contribution in [1.29, 1.82) is 0 Å². The van der Waals surface area contributed by atoms with Crippen LogP contribution >= 0.6 is 67.8 Å². The van der Waals surface area contributed by atoms with Crippen LogP contribution in [0.5, 0.6) is 0 Å². The van der Waals surface area contributed by atoms with E-state index in [4.69, 9.17) is 0 Å². The summed E-state index contributed by atoms with van der Waals surface area (Å²) in [5.41, 5.74) is 0.521. The maximum Gasteiger partial charge on any atom is 0.0742 e. The molecular formula is C12H17I3Si. The van der Waals surface area contributed by atoms with Crippen molar-refractivity contribution in [2.24, 2.45) is 17.3 Å². The summed E-state index contributed by atoms with van der Waals surface area (Å²) in [5.74, 6) is 1.48. The van der Waals surface area contributed by atoms with Crippen LogP contribution in [0.25, 0.3) is 0 Å². The van der Waals surface area contributed by atoms with Crippen molar-refractivity contribution >= 4 is 75.8 Å². The normalized spacial score (nSPS) is 31.6. The van der Waals surface area contributed by atoms with Crippen LogP contribution in [0.4, 0.5) is 0 Å². The summed E-state index contributed by atoms with van der Waals surface area (Å²) < 4.78 is 4.27. The Balaban J connectivity index is 2.47. The maximum absolute atomic E-state index is 2.64. The van der Waals surface area contributed by atoms with Crippen LogP contribution in [0.1, 0.15) is 0 Å². The van der Waals surface area contributed by atoms with Gasteiger partial charge in [-0.2, -0.15) is 0 Å². The molecule has 0 saturated carbocycles. The molecule has 4 heteroatoms. The van der Waals surface area contributed by atoms with Gasteiger partial charge in [0.25, 0.3) is 0 Å². The molecule has 0 amide bonds. The Morgan fingerprint density at radius 3 is 1.94 bits per heavy atom. The summed E-state index contributed by atoms with van der Waals surface area (Å²) in [5, 5.41) is 1.84. The molecule has 2 rings (SSSR count). The lowest BCUT2D eigenvalue weighted by atomic mass is 9.80. The first-order chi connectivity index (χ1) is 7.38. The van der Waals surface area contributed by atoms with Crippen molar-refractivity contribution in [2.45, 2.75) is 19.6 Å². The number of alkyl halides is 2. The molecule has 0 N–H and O–H groups in total. The van der Waals surface area contributed by atoms with Gasteiger partial charge < -0.3 is 0 Å². The van der Waals surface area contributed by atoms with Crippen molar-refractivity contribution < 1.29 is 0 Å². The van der Waals surface area contributed by atoms with Crippen LogP contribution in [-0.2, 0) is 0 Å². The minimum Gasteiger partial charge on any atom is -0.0857 e. The highest BCUT2D eigenvalue weighted by Gasteiger charge is 2.55. The molecule has 0 fully saturated rings. The Morgan fingerprint density at radius 1 is 1.12 bits per heavy atom. The first kappa shape index (κ1) is 14.3. The minimum absolute atomic E-state index is 0.521. The average Bonchev–Trinajstić information content (AvgIpc) is 2.66. The third-order valence-corrected chi connectivity index (χ3v) is 10.7. The number of halogens is 3. The van der Waals surface area contributed by atoms with E-state index in [1.807, 2.05) is 5.20 Å². The summed E-state index contributed by atoms with van der Waals surface area (Å²) >= 11 is 7.84.